The van der Waals surface area contributed by atoms with E-state index in [9.17, 15) is 5.11 Å². The van der Waals surface area contributed by atoms with Gasteiger partial charge >= 0.3 is 0 Å². The summed E-state index contributed by atoms with van der Waals surface area (Å²) in [6, 6.07) is 9.83. The smallest absolute Gasteiger partial charge is 0.156 e. The summed E-state index contributed by atoms with van der Waals surface area (Å²) in [7, 11) is 0. The van der Waals surface area contributed by atoms with E-state index in [1.807, 2.05) is 44.2 Å². The zero-order chi connectivity index (χ0) is 16.0. The van der Waals surface area contributed by atoms with Crippen LogP contribution in [0.2, 0.25) is 0 Å². The first kappa shape index (κ1) is 13.9. The SMILES string of the molecule is Cc1c(-c2cc(CO)c3cncc(C)c3n2)oc2ccccc12. The lowest BCUT2D eigenvalue weighted by molar-refractivity contribution is 0.283. The van der Waals surface area contributed by atoms with Crippen molar-refractivity contribution in [1.82, 2.24) is 9.97 Å². The zero-order valence-corrected chi connectivity index (χ0v) is 13.0. The molecule has 0 aliphatic rings. The van der Waals surface area contributed by atoms with Crippen LogP contribution in [0.4, 0.5) is 0 Å². The molecule has 114 valence electrons. The van der Waals surface area contributed by atoms with Crippen molar-refractivity contribution in [3.05, 3.63) is 59.4 Å². The molecule has 0 radical (unpaired) electrons. The van der Waals surface area contributed by atoms with E-state index in [1.165, 1.54) is 0 Å². The molecule has 1 N–H and O–H groups in total. The summed E-state index contributed by atoms with van der Waals surface area (Å²) < 4.78 is 6.01. The van der Waals surface area contributed by atoms with Crippen molar-refractivity contribution < 1.29 is 9.52 Å². The van der Waals surface area contributed by atoms with Crippen molar-refractivity contribution in [2.24, 2.45) is 0 Å². The number of pyridine rings is 2. The number of fused-ring (bicyclic) bond motifs is 2. The van der Waals surface area contributed by atoms with Gasteiger partial charge in [0.2, 0.25) is 0 Å². The number of aryl methyl sites for hydroxylation is 2. The zero-order valence-electron chi connectivity index (χ0n) is 13.0. The molecule has 0 unspecified atom stereocenters. The Kier molecular flexibility index (Phi) is 3.13. The number of furan rings is 1. The highest BCUT2D eigenvalue weighted by atomic mass is 16.3. The van der Waals surface area contributed by atoms with E-state index in [0.717, 1.165) is 50.0 Å². The second kappa shape index (κ2) is 5.18. The van der Waals surface area contributed by atoms with Gasteiger partial charge in [0, 0.05) is 28.7 Å². The van der Waals surface area contributed by atoms with Crippen molar-refractivity contribution in [2.45, 2.75) is 20.5 Å². The highest BCUT2D eigenvalue weighted by Crippen LogP contribution is 2.34. The van der Waals surface area contributed by atoms with Gasteiger partial charge in [0.15, 0.2) is 5.76 Å². The lowest BCUT2D eigenvalue weighted by Crippen LogP contribution is -1.95. The normalized spacial score (nSPS) is 11.4. The number of benzene rings is 1. The highest BCUT2D eigenvalue weighted by molar-refractivity contribution is 5.90. The van der Waals surface area contributed by atoms with Crippen LogP contribution in [0.25, 0.3) is 33.3 Å². The van der Waals surface area contributed by atoms with Crippen LogP contribution in [0.1, 0.15) is 16.7 Å². The Hall–Kier alpha value is -2.72. The van der Waals surface area contributed by atoms with Gasteiger partial charge in [-0.25, -0.2) is 4.98 Å². The maximum atomic E-state index is 9.72. The van der Waals surface area contributed by atoms with Crippen molar-refractivity contribution in [3.63, 3.8) is 0 Å². The Morgan fingerprint density at radius 3 is 2.70 bits per heavy atom. The summed E-state index contributed by atoms with van der Waals surface area (Å²) in [5.74, 6) is 0.749. The monoisotopic (exact) mass is 304 g/mol. The fourth-order valence-electron chi connectivity index (χ4n) is 3.00. The maximum Gasteiger partial charge on any atom is 0.156 e. The Bertz CT molecular complexity index is 1030. The topological polar surface area (TPSA) is 59.2 Å². The molecule has 3 heterocycles. The lowest BCUT2D eigenvalue weighted by Gasteiger charge is -2.08. The molecule has 0 fully saturated rings. The molecule has 0 atom stereocenters. The number of hydrogen-bond donors (Lipinski definition) is 1. The molecule has 0 saturated carbocycles. The van der Waals surface area contributed by atoms with E-state index in [0.29, 0.717) is 0 Å². The molecule has 4 nitrogen and oxygen atoms in total. The lowest BCUT2D eigenvalue weighted by atomic mass is 10.1. The van der Waals surface area contributed by atoms with E-state index in [2.05, 4.69) is 4.98 Å². The maximum absolute atomic E-state index is 9.72. The number of aliphatic hydroxyl groups is 1. The largest absolute Gasteiger partial charge is 0.454 e. The first-order valence-electron chi connectivity index (χ1n) is 7.52. The fourth-order valence-corrected chi connectivity index (χ4v) is 3.00. The Balaban J connectivity index is 2.04. The molecule has 0 aliphatic heterocycles. The third-order valence-electron chi connectivity index (χ3n) is 4.24. The quantitative estimate of drug-likeness (QED) is 0.604. The summed E-state index contributed by atoms with van der Waals surface area (Å²) in [6.45, 7) is 3.94. The summed E-state index contributed by atoms with van der Waals surface area (Å²) in [5, 5.41) is 11.7. The van der Waals surface area contributed by atoms with E-state index in [4.69, 9.17) is 9.40 Å². The van der Waals surface area contributed by atoms with Gasteiger partial charge in [-0.1, -0.05) is 18.2 Å². The average molecular weight is 304 g/mol. The van der Waals surface area contributed by atoms with Crippen LogP contribution in [0, 0.1) is 13.8 Å². The number of hydrogen-bond acceptors (Lipinski definition) is 4. The number of aromatic nitrogens is 2. The molecule has 4 heteroatoms. The average Bonchev–Trinajstić information content (AvgIpc) is 2.92. The minimum Gasteiger partial charge on any atom is -0.454 e. The molecule has 23 heavy (non-hydrogen) atoms. The van der Waals surface area contributed by atoms with Crippen LogP contribution in [-0.2, 0) is 6.61 Å². The van der Waals surface area contributed by atoms with E-state index < -0.39 is 0 Å². The molecule has 0 aliphatic carbocycles. The summed E-state index contributed by atoms with van der Waals surface area (Å²) in [6.07, 6.45) is 3.53. The first-order chi connectivity index (χ1) is 11.2. The minimum atomic E-state index is -0.0591. The molecule has 1 aromatic carbocycles. The standard InChI is InChI=1S/C19H16N2O2/c1-11-8-20-9-15-13(10-22)7-16(21-18(11)15)19-12(2)14-5-3-4-6-17(14)23-19/h3-9,22H,10H2,1-2H3. The van der Waals surface area contributed by atoms with Gasteiger partial charge < -0.3 is 9.52 Å². The molecule has 4 aromatic rings. The molecular weight excluding hydrogens is 288 g/mol. The van der Waals surface area contributed by atoms with Gasteiger partial charge in [-0.05, 0) is 37.1 Å². The molecule has 0 bridgehead atoms. The van der Waals surface area contributed by atoms with Crippen LogP contribution in [0.3, 0.4) is 0 Å². The van der Waals surface area contributed by atoms with Gasteiger partial charge in [0.1, 0.15) is 11.3 Å². The predicted molar refractivity (Wildman–Crippen MR) is 90.1 cm³/mol. The van der Waals surface area contributed by atoms with Crippen LogP contribution in [-0.4, -0.2) is 15.1 Å². The van der Waals surface area contributed by atoms with Crippen molar-refractivity contribution in [2.75, 3.05) is 0 Å². The van der Waals surface area contributed by atoms with Gasteiger partial charge in [0.05, 0.1) is 12.1 Å². The van der Waals surface area contributed by atoms with E-state index in [1.54, 1.807) is 12.4 Å². The summed E-state index contributed by atoms with van der Waals surface area (Å²) in [5.41, 5.74) is 5.28. The van der Waals surface area contributed by atoms with E-state index >= 15 is 0 Å². The Labute approximate surface area is 133 Å². The Morgan fingerprint density at radius 1 is 1.09 bits per heavy atom. The number of aliphatic hydroxyl groups excluding tert-OH is 1. The van der Waals surface area contributed by atoms with Crippen LogP contribution in [0.5, 0.6) is 0 Å². The highest BCUT2D eigenvalue weighted by Gasteiger charge is 2.16. The van der Waals surface area contributed by atoms with Crippen molar-refractivity contribution >= 4 is 21.9 Å². The molecule has 4 rings (SSSR count). The van der Waals surface area contributed by atoms with Crippen molar-refractivity contribution in [3.8, 4) is 11.5 Å². The van der Waals surface area contributed by atoms with Crippen LogP contribution >= 0.6 is 0 Å². The van der Waals surface area contributed by atoms with Crippen LogP contribution in [0.15, 0.2) is 47.1 Å². The van der Waals surface area contributed by atoms with Gasteiger partial charge in [0.25, 0.3) is 0 Å². The van der Waals surface area contributed by atoms with Crippen molar-refractivity contribution in [1.29, 1.82) is 0 Å². The number of nitrogens with zero attached hydrogens (tertiary/aromatic N) is 2. The van der Waals surface area contributed by atoms with E-state index in [-0.39, 0.29) is 6.61 Å². The first-order valence-corrected chi connectivity index (χ1v) is 7.52. The molecule has 0 spiro atoms. The molecule has 3 aromatic heterocycles. The van der Waals surface area contributed by atoms with Gasteiger partial charge in [-0.2, -0.15) is 0 Å². The Morgan fingerprint density at radius 2 is 1.91 bits per heavy atom. The third-order valence-corrected chi connectivity index (χ3v) is 4.24. The fraction of sp³-hybridized carbons (Fsp3) is 0.158. The van der Waals surface area contributed by atoms with Gasteiger partial charge in [-0.15, -0.1) is 0 Å². The number of para-hydroxylation sites is 1. The second-order valence-electron chi connectivity index (χ2n) is 5.73. The minimum absolute atomic E-state index is 0.0591. The third kappa shape index (κ3) is 2.11. The molecule has 0 saturated heterocycles. The van der Waals surface area contributed by atoms with Crippen LogP contribution < -0.4 is 0 Å². The predicted octanol–water partition coefficient (Wildman–Crippen LogP) is 4.15. The second-order valence-corrected chi connectivity index (χ2v) is 5.73. The molecular formula is C19H16N2O2. The summed E-state index contributed by atoms with van der Waals surface area (Å²) >= 11 is 0. The molecule has 0 amide bonds. The number of rotatable bonds is 2. The summed E-state index contributed by atoms with van der Waals surface area (Å²) in [4.78, 5) is 8.97. The van der Waals surface area contributed by atoms with Gasteiger partial charge in [-0.3, -0.25) is 4.98 Å².